The number of esters is 1. The van der Waals surface area contributed by atoms with Gasteiger partial charge >= 0.3 is 11.9 Å². The second-order valence-corrected chi connectivity index (χ2v) is 8.62. The molecule has 1 heterocycles. The largest absolute Gasteiger partial charge is 0.501 e. The third-order valence-electron chi connectivity index (χ3n) is 3.82. The molecule has 3 rings (SSSR count). The number of carboxylic acids is 1. The average molecular weight is 479 g/mol. The summed E-state index contributed by atoms with van der Waals surface area (Å²) in [4.78, 5) is 24.3. The smallest absolute Gasteiger partial charge is 0.375 e. The Morgan fingerprint density at radius 2 is 1.62 bits per heavy atom. The first-order valence-corrected chi connectivity index (χ1v) is 10.3. The lowest BCUT2D eigenvalue weighted by Gasteiger charge is -2.25. The van der Waals surface area contributed by atoms with Gasteiger partial charge in [0.05, 0.1) is 20.7 Å². The van der Waals surface area contributed by atoms with Crippen molar-refractivity contribution in [1.82, 2.24) is 0 Å². The maximum Gasteiger partial charge on any atom is 0.375 e. The van der Waals surface area contributed by atoms with Crippen LogP contribution in [-0.2, 0) is 14.3 Å². The summed E-state index contributed by atoms with van der Waals surface area (Å²) in [5.74, 6) is -5.20. The van der Waals surface area contributed by atoms with Crippen molar-refractivity contribution in [2.45, 2.75) is 15.4 Å². The number of carbonyl (C=O) groups excluding carboxylic acids is 1. The highest BCUT2D eigenvalue weighted by molar-refractivity contribution is 8.03. The minimum absolute atomic E-state index is 0.0387. The quantitative estimate of drug-likeness (QED) is 0.430. The lowest BCUT2D eigenvalue weighted by Crippen LogP contribution is -2.43. The molecule has 0 bridgehead atoms. The van der Waals surface area contributed by atoms with Gasteiger partial charge in [0.1, 0.15) is 11.6 Å². The van der Waals surface area contributed by atoms with Crippen molar-refractivity contribution in [2.24, 2.45) is 0 Å². The van der Waals surface area contributed by atoms with Crippen LogP contribution in [0.3, 0.4) is 0 Å². The molecule has 0 amide bonds. The number of hydrogen-bond donors (Lipinski definition) is 2. The molecule has 29 heavy (non-hydrogen) atoms. The number of carbonyl (C=O) groups is 2. The van der Waals surface area contributed by atoms with E-state index in [1.165, 1.54) is 12.1 Å². The number of halogens is 4. The topological polar surface area (TPSA) is 83.8 Å². The molecule has 1 atom stereocenters. The molecule has 2 aromatic rings. The van der Waals surface area contributed by atoms with Crippen molar-refractivity contribution in [2.75, 3.05) is 5.75 Å². The first-order chi connectivity index (χ1) is 13.6. The monoisotopic (exact) mass is 478 g/mol. The molecule has 0 fully saturated rings. The van der Waals surface area contributed by atoms with Crippen LogP contribution in [0.2, 0.25) is 10.0 Å². The number of cyclic esters (lactones) is 1. The summed E-state index contributed by atoms with van der Waals surface area (Å²) in [6, 6.07) is 6.93. The standard InChI is InChI=1S/C18H10Cl2F2O5S2/c19-10-5-8(21)1-3-12(10)28-7-18(17(25)26)15(14(23)16(24)27-18)29-13-4-2-9(22)6-11(13)20/h1-6,23H,7H2,(H,25,26). The van der Waals surface area contributed by atoms with Crippen LogP contribution in [0.1, 0.15) is 0 Å². The van der Waals surface area contributed by atoms with E-state index in [0.29, 0.717) is 16.7 Å². The maximum atomic E-state index is 13.3. The van der Waals surface area contributed by atoms with Crippen LogP contribution in [0.5, 0.6) is 0 Å². The molecule has 1 unspecified atom stereocenters. The van der Waals surface area contributed by atoms with Gasteiger partial charge in [-0.15, -0.1) is 11.8 Å². The number of rotatable bonds is 6. The number of benzene rings is 2. The van der Waals surface area contributed by atoms with Crippen molar-refractivity contribution < 1.29 is 33.3 Å². The molecule has 1 aliphatic heterocycles. The molecule has 2 aromatic carbocycles. The number of aliphatic carboxylic acids is 1. The number of ether oxygens (including phenoxy) is 1. The van der Waals surface area contributed by atoms with E-state index in [1.807, 2.05) is 0 Å². The summed E-state index contributed by atoms with van der Waals surface area (Å²) in [7, 11) is 0. The molecule has 152 valence electrons. The van der Waals surface area contributed by atoms with E-state index in [-0.39, 0.29) is 25.6 Å². The van der Waals surface area contributed by atoms with Crippen molar-refractivity contribution in [3.05, 3.63) is 68.7 Å². The summed E-state index contributed by atoms with van der Waals surface area (Å²) in [5, 5.41) is 20.0. The predicted molar refractivity (Wildman–Crippen MR) is 106 cm³/mol. The Morgan fingerprint density at radius 3 is 2.14 bits per heavy atom. The molecule has 1 aliphatic rings. The summed E-state index contributed by atoms with van der Waals surface area (Å²) >= 11 is 13.5. The SMILES string of the molecule is O=C1OC(CSc2ccc(F)cc2Cl)(C(=O)O)C(Sc2ccc(F)cc2Cl)=C1O. The van der Waals surface area contributed by atoms with Gasteiger partial charge in [0, 0.05) is 9.79 Å². The van der Waals surface area contributed by atoms with Crippen LogP contribution in [0.4, 0.5) is 8.78 Å². The van der Waals surface area contributed by atoms with Gasteiger partial charge in [-0.05, 0) is 36.4 Å². The molecule has 0 spiro atoms. The van der Waals surface area contributed by atoms with E-state index in [0.717, 1.165) is 36.0 Å². The Balaban J connectivity index is 1.97. The maximum absolute atomic E-state index is 13.3. The van der Waals surface area contributed by atoms with E-state index < -0.39 is 34.9 Å². The summed E-state index contributed by atoms with van der Waals surface area (Å²) < 4.78 is 31.5. The van der Waals surface area contributed by atoms with Gasteiger partial charge in [-0.25, -0.2) is 18.4 Å². The number of carboxylic acid groups (broad SMARTS) is 1. The van der Waals surface area contributed by atoms with E-state index in [9.17, 15) is 28.6 Å². The van der Waals surface area contributed by atoms with Crippen LogP contribution in [0, 0.1) is 11.6 Å². The normalized spacial score (nSPS) is 18.8. The highest BCUT2D eigenvalue weighted by atomic mass is 35.5. The molecule has 2 N–H and O–H groups in total. The van der Waals surface area contributed by atoms with E-state index in [4.69, 9.17) is 27.9 Å². The molecule has 5 nitrogen and oxygen atoms in total. The van der Waals surface area contributed by atoms with E-state index in [1.54, 1.807) is 0 Å². The van der Waals surface area contributed by atoms with Crippen LogP contribution in [-0.4, -0.2) is 33.5 Å². The minimum atomic E-state index is -2.24. The highest BCUT2D eigenvalue weighted by Gasteiger charge is 2.55. The van der Waals surface area contributed by atoms with E-state index in [2.05, 4.69) is 0 Å². The van der Waals surface area contributed by atoms with Gasteiger partial charge in [-0.3, -0.25) is 0 Å². The zero-order valence-corrected chi connectivity index (χ0v) is 17.3. The Morgan fingerprint density at radius 1 is 1.07 bits per heavy atom. The Kier molecular flexibility index (Phi) is 6.33. The first kappa shape index (κ1) is 21.8. The zero-order chi connectivity index (χ0) is 21.3. The fourth-order valence-electron chi connectivity index (χ4n) is 2.40. The molecule has 0 aliphatic carbocycles. The van der Waals surface area contributed by atoms with Crippen molar-refractivity contribution >= 4 is 58.7 Å². The summed E-state index contributed by atoms with van der Waals surface area (Å²) in [6.45, 7) is 0. The number of aliphatic hydroxyl groups is 1. The van der Waals surface area contributed by atoms with Crippen LogP contribution >= 0.6 is 46.7 Å². The number of thioether (sulfide) groups is 2. The van der Waals surface area contributed by atoms with Gasteiger partial charge in [0.2, 0.25) is 5.76 Å². The van der Waals surface area contributed by atoms with Gasteiger partial charge in [0.15, 0.2) is 0 Å². The lowest BCUT2D eigenvalue weighted by atomic mass is 10.1. The van der Waals surface area contributed by atoms with Crippen LogP contribution < -0.4 is 0 Å². The van der Waals surface area contributed by atoms with Gasteiger partial charge in [-0.2, -0.15) is 0 Å². The number of hydrogen-bond acceptors (Lipinski definition) is 6. The molecule has 0 saturated heterocycles. The molecule has 0 radical (unpaired) electrons. The second-order valence-electron chi connectivity index (χ2n) is 5.74. The van der Waals surface area contributed by atoms with Crippen molar-refractivity contribution in [3.8, 4) is 0 Å². The van der Waals surface area contributed by atoms with E-state index >= 15 is 0 Å². The first-order valence-electron chi connectivity index (χ1n) is 7.75. The fraction of sp³-hybridized carbons (Fsp3) is 0.111. The Labute approximate surface area is 181 Å². The molecule has 0 saturated carbocycles. The van der Waals surface area contributed by atoms with Crippen LogP contribution in [0.25, 0.3) is 0 Å². The predicted octanol–water partition coefficient (Wildman–Crippen LogP) is 5.31. The minimum Gasteiger partial charge on any atom is -0.501 e. The summed E-state index contributed by atoms with van der Waals surface area (Å²) in [5.41, 5.74) is -2.24. The Bertz CT molecular complexity index is 1050. The average Bonchev–Trinajstić information content (AvgIpc) is 2.88. The van der Waals surface area contributed by atoms with Crippen LogP contribution in [0.15, 0.2) is 56.9 Å². The molecular formula is C18H10Cl2F2O5S2. The second kappa shape index (κ2) is 8.43. The molecule has 11 heteroatoms. The van der Waals surface area contributed by atoms with Gasteiger partial charge in [-0.1, -0.05) is 35.0 Å². The van der Waals surface area contributed by atoms with Gasteiger partial charge < -0.3 is 14.9 Å². The summed E-state index contributed by atoms with van der Waals surface area (Å²) in [6.07, 6.45) is 0. The molecule has 0 aromatic heterocycles. The third-order valence-corrected chi connectivity index (χ3v) is 7.19. The van der Waals surface area contributed by atoms with Crippen molar-refractivity contribution in [1.29, 1.82) is 0 Å². The van der Waals surface area contributed by atoms with Crippen molar-refractivity contribution in [3.63, 3.8) is 0 Å². The molecular weight excluding hydrogens is 469 g/mol. The fourth-order valence-corrected chi connectivity index (χ4v) is 5.22. The lowest BCUT2D eigenvalue weighted by molar-refractivity contribution is -0.165. The Hall–Kier alpha value is -1.94. The number of aliphatic hydroxyl groups excluding tert-OH is 1. The highest BCUT2D eigenvalue weighted by Crippen LogP contribution is 2.47. The third kappa shape index (κ3) is 4.32. The van der Waals surface area contributed by atoms with Gasteiger partial charge in [0.25, 0.3) is 5.60 Å². The zero-order valence-electron chi connectivity index (χ0n) is 14.1.